The van der Waals surface area contributed by atoms with E-state index < -0.39 is 29.8 Å². The van der Waals surface area contributed by atoms with Gasteiger partial charge in [0.05, 0.1) is 16.7 Å². The van der Waals surface area contributed by atoms with Crippen LogP contribution in [0.5, 0.6) is 11.6 Å². The standard InChI is InChI=1S/C22H20F5N3O3/c1-12(13-6-8-14(9-7-13)21(31)32)28-11-17-18(19(23)24)29-30(2)20(17)33-16-5-3-4-15(10-16)22(25,26)27/h3-10,12,19,28H,11H2,1-2H3,(H,31,32). The number of halogens is 5. The third kappa shape index (κ3) is 5.67. The van der Waals surface area contributed by atoms with Crippen molar-refractivity contribution in [3.8, 4) is 11.6 Å². The molecule has 176 valence electrons. The Morgan fingerprint density at radius 3 is 2.42 bits per heavy atom. The Morgan fingerprint density at radius 1 is 1.18 bits per heavy atom. The molecule has 1 atom stereocenters. The Morgan fingerprint density at radius 2 is 1.85 bits per heavy atom. The van der Waals surface area contributed by atoms with E-state index in [9.17, 15) is 26.7 Å². The second-order valence-electron chi connectivity index (χ2n) is 7.25. The molecule has 2 N–H and O–H groups in total. The largest absolute Gasteiger partial charge is 0.478 e. The number of hydrogen-bond acceptors (Lipinski definition) is 4. The summed E-state index contributed by atoms with van der Waals surface area (Å²) in [6.45, 7) is 1.63. The van der Waals surface area contributed by atoms with Crippen LogP contribution in [0.2, 0.25) is 0 Å². The van der Waals surface area contributed by atoms with Crippen molar-refractivity contribution in [3.63, 3.8) is 0 Å². The van der Waals surface area contributed by atoms with Crippen LogP contribution in [0.4, 0.5) is 22.0 Å². The van der Waals surface area contributed by atoms with Gasteiger partial charge in [0, 0.05) is 19.6 Å². The monoisotopic (exact) mass is 469 g/mol. The molecule has 0 spiro atoms. The van der Waals surface area contributed by atoms with Crippen LogP contribution < -0.4 is 10.1 Å². The van der Waals surface area contributed by atoms with Gasteiger partial charge in [0.2, 0.25) is 5.88 Å². The van der Waals surface area contributed by atoms with Crippen LogP contribution in [0.1, 0.15) is 52.1 Å². The lowest BCUT2D eigenvalue weighted by atomic mass is 10.1. The summed E-state index contributed by atoms with van der Waals surface area (Å²) in [7, 11) is 1.35. The third-order valence-electron chi connectivity index (χ3n) is 4.94. The van der Waals surface area contributed by atoms with Crippen LogP contribution in [0.15, 0.2) is 48.5 Å². The molecule has 0 aliphatic rings. The minimum atomic E-state index is -4.59. The van der Waals surface area contributed by atoms with Crippen molar-refractivity contribution in [2.75, 3.05) is 0 Å². The molecule has 0 bridgehead atoms. The molecule has 33 heavy (non-hydrogen) atoms. The van der Waals surface area contributed by atoms with Crippen molar-refractivity contribution in [1.82, 2.24) is 15.1 Å². The Kier molecular flexibility index (Phi) is 7.01. The van der Waals surface area contributed by atoms with E-state index in [0.717, 1.165) is 22.9 Å². The van der Waals surface area contributed by atoms with E-state index in [4.69, 9.17) is 9.84 Å². The van der Waals surface area contributed by atoms with Crippen LogP contribution in [0, 0.1) is 0 Å². The number of aromatic carboxylic acids is 1. The number of carboxylic acids is 1. The van der Waals surface area contributed by atoms with Gasteiger partial charge < -0.3 is 15.2 Å². The number of nitrogens with one attached hydrogen (secondary N) is 1. The summed E-state index contributed by atoms with van der Waals surface area (Å²) >= 11 is 0. The zero-order valence-corrected chi connectivity index (χ0v) is 17.5. The quantitative estimate of drug-likeness (QED) is 0.413. The fraction of sp³-hybridized carbons (Fsp3) is 0.273. The Bertz CT molecular complexity index is 1130. The van der Waals surface area contributed by atoms with E-state index in [0.29, 0.717) is 5.56 Å². The molecule has 0 saturated carbocycles. The third-order valence-corrected chi connectivity index (χ3v) is 4.94. The maximum atomic E-state index is 13.6. The molecule has 1 aromatic heterocycles. The smallest absolute Gasteiger partial charge is 0.416 e. The average Bonchev–Trinajstić information content (AvgIpc) is 3.07. The van der Waals surface area contributed by atoms with Gasteiger partial charge >= 0.3 is 12.1 Å². The number of aryl methyl sites for hydroxylation is 1. The Hall–Kier alpha value is -3.47. The van der Waals surface area contributed by atoms with Crippen LogP contribution in [-0.2, 0) is 19.8 Å². The van der Waals surface area contributed by atoms with Crippen molar-refractivity contribution in [3.05, 3.63) is 76.5 Å². The van der Waals surface area contributed by atoms with E-state index in [2.05, 4.69) is 10.4 Å². The van der Waals surface area contributed by atoms with Crippen LogP contribution in [0.25, 0.3) is 0 Å². The van der Waals surface area contributed by atoms with Gasteiger partial charge in [-0.2, -0.15) is 18.3 Å². The van der Waals surface area contributed by atoms with Crippen molar-refractivity contribution >= 4 is 5.97 Å². The van der Waals surface area contributed by atoms with Gasteiger partial charge in [-0.25, -0.2) is 18.3 Å². The second kappa shape index (κ2) is 9.57. The molecule has 0 saturated heterocycles. The van der Waals surface area contributed by atoms with Gasteiger partial charge in [0.25, 0.3) is 6.43 Å². The van der Waals surface area contributed by atoms with Gasteiger partial charge in [0.1, 0.15) is 11.4 Å². The fourth-order valence-electron chi connectivity index (χ4n) is 3.18. The summed E-state index contributed by atoms with van der Waals surface area (Å²) in [5, 5.41) is 15.8. The first-order valence-corrected chi connectivity index (χ1v) is 9.73. The highest BCUT2D eigenvalue weighted by Crippen LogP contribution is 2.35. The molecule has 1 unspecified atom stereocenters. The predicted octanol–water partition coefficient (Wildman–Crippen LogP) is 5.72. The van der Waals surface area contributed by atoms with E-state index in [1.165, 1.54) is 25.2 Å². The van der Waals surface area contributed by atoms with Crippen molar-refractivity contribution in [2.45, 2.75) is 32.1 Å². The maximum Gasteiger partial charge on any atom is 0.416 e. The highest BCUT2D eigenvalue weighted by atomic mass is 19.4. The van der Waals surface area contributed by atoms with Crippen LogP contribution in [-0.4, -0.2) is 20.9 Å². The van der Waals surface area contributed by atoms with E-state index >= 15 is 0 Å². The summed E-state index contributed by atoms with van der Waals surface area (Å²) in [5.41, 5.74) is -0.675. The highest BCUT2D eigenvalue weighted by Gasteiger charge is 2.31. The molecule has 3 aromatic rings. The topological polar surface area (TPSA) is 76.4 Å². The molecule has 0 amide bonds. The summed E-state index contributed by atoms with van der Waals surface area (Å²) in [4.78, 5) is 11.0. The van der Waals surface area contributed by atoms with Gasteiger partial charge in [-0.15, -0.1) is 0 Å². The number of aromatic nitrogens is 2. The number of hydrogen-bond donors (Lipinski definition) is 2. The van der Waals surface area contributed by atoms with E-state index in [-0.39, 0.29) is 35.3 Å². The molecular weight excluding hydrogens is 449 g/mol. The number of carboxylic acid groups (broad SMARTS) is 1. The molecule has 0 aliphatic heterocycles. The number of benzene rings is 2. The number of carbonyl (C=O) groups is 1. The first-order valence-electron chi connectivity index (χ1n) is 9.73. The molecule has 0 aliphatic carbocycles. The lowest BCUT2D eigenvalue weighted by Crippen LogP contribution is -2.19. The van der Waals surface area contributed by atoms with Crippen LogP contribution in [0.3, 0.4) is 0 Å². The summed E-state index contributed by atoms with van der Waals surface area (Å²) in [6.07, 6.45) is -7.52. The van der Waals surface area contributed by atoms with E-state index in [1.807, 2.05) is 0 Å². The fourth-order valence-corrected chi connectivity index (χ4v) is 3.18. The Balaban J connectivity index is 1.85. The lowest BCUT2D eigenvalue weighted by Gasteiger charge is -2.16. The zero-order valence-electron chi connectivity index (χ0n) is 17.5. The number of rotatable bonds is 8. The molecule has 6 nitrogen and oxygen atoms in total. The average molecular weight is 469 g/mol. The van der Waals surface area contributed by atoms with Gasteiger partial charge in [-0.1, -0.05) is 18.2 Å². The van der Waals surface area contributed by atoms with Crippen molar-refractivity contribution in [2.24, 2.45) is 7.05 Å². The molecule has 2 aromatic carbocycles. The minimum absolute atomic E-state index is 0.00100. The van der Waals surface area contributed by atoms with Crippen molar-refractivity contribution in [1.29, 1.82) is 0 Å². The van der Waals surface area contributed by atoms with Gasteiger partial charge in [-0.05, 0) is 42.8 Å². The van der Waals surface area contributed by atoms with E-state index in [1.54, 1.807) is 19.1 Å². The number of nitrogens with zero attached hydrogens (tertiary/aromatic N) is 2. The summed E-state index contributed by atoms with van der Waals surface area (Å²) in [6, 6.07) is 9.77. The predicted molar refractivity (Wildman–Crippen MR) is 108 cm³/mol. The zero-order chi connectivity index (χ0) is 24.3. The first-order chi connectivity index (χ1) is 15.5. The second-order valence-corrected chi connectivity index (χ2v) is 7.25. The minimum Gasteiger partial charge on any atom is -0.478 e. The Labute approximate surface area is 185 Å². The molecule has 11 heteroatoms. The van der Waals surface area contributed by atoms with Gasteiger partial charge in [-0.3, -0.25) is 0 Å². The molecule has 0 fully saturated rings. The summed E-state index contributed by atoms with van der Waals surface area (Å²) < 4.78 is 72.8. The lowest BCUT2D eigenvalue weighted by molar-refractivity contribution is -0.137. The molecule has 0 radical (unpaired) electrons. The first kappa shape index (κ1) is 24.2. The maximum absolute atomic E-state index is 13.6. The molecule has 1 heterocycles. The normalized spacial score (nSPS) is 12.7. The molecular formula is C22H20F5N3O3. The van der Waals surface area contributed by atoms with Gasteiger partial charge in [0.15, 0.2) is 0 Å². The summed E-state index contributed by atoms with van der Waals surface area (Å²) in [5.74, 6) is -1.37. The highest BCUT2D eigenvalue weighted by molar-refractivity contribution is 5.87. The van der Waals surface area contributed by atoms with Crippen LogP contribution >= 0.6 is 0 Å². The number of alkyl halides is 5. The molecule has 3 rings (SSSR count). The van der Waals surface area contributed by atoms with Crippen molar-refractivity contribution < 1.29 is 36.6 Å². The number of ether oxygens (including phenoxy) is 1. The SMILES string of the molecule is CC(NCc1c(C(F)F)nn(C)c1Oc1cccc(C(F)(F)F)c1)c1ccc(C(=O)O)cc1.